The molecule has 0 amide bonds. The van der Waals surface area contributed by atoms with Crippen LogP contribution in [0, 0.1) is 11.7 Å². The van der Waals surface area contributed by atoms with Gasteiger partial charge < -0.3 is 9.55 Å². The van der Waals surface area contributed by atoms with E-state index in [-0.39, 0.29) is 0 Å². The number of aromatic nitrogens is 3. The molecule has 0 atom stereocenters. The van der Waals surface area contributed by atoms with Crippen molar-refractivity contribution < 1.29 is 0 Å². The van der Waals surface area contributed by atoms with Gasteiger partial charge >= 0.3 is 0 Å². The van der Waals surface area contributed by atoms with Gasteiger partial charge in [0, 0.05) is 18.0 Å². The number of para-hydroxylation sites is 3. The van der Waals surface area contributed by atoms with Gasteiger partial charge in [-0.2, -0.15) is 0 Å². The van der Waals surface area contributed by atoms with E-state index in [1.54, 1.807) is 0 Å². The lowest BCUT2D eigenvalue weighted by Crippen LogP contribution is -1.98. The molecule has 4 heteroatoms. The van der Waals surface area contributed by atoms with Crippen LogP contribution in [0.3, 0.4) is 0 Å². The molecule has 0 aliphatic rings. The van der Waals surface area contributed by atoms with Crippen LogP contribution in [0.15, 0.2) is 48.5 Å². The molecule has 2 heterocycles. The van der Waals surface area contributed by atoms with E-state index in [2.05, 4.69) is 51.4 Å². The zero-order valence-corrected chi connectivity index (χ0v) is 12.7. The van der Waals surface area contributed by atoms with Crippen LogP contribution in [-0.4, -0.2) is 14.1 Å². The van der Waals surface area contributed by atoms with E-state index in [0.717, 1.165) is 27.1 Å². The van der Waals surface area contributed by atoms with Crippen molar-refractivity contribution in [2.24, 2.45) is 7.05 Å². The summed E-state index contributed by atoms with van der Waals surface area (Å²) in [4.78, 5) is 3.51. The highest BCUT2D eigenvalue weighted by Crippen LogP contribution is 2.28. The average molecular weight is 293 g/mol. The quantitative estimate of drug-likeness (QED) is 0.514. The molecule has 2 aromatic heterocycles. The lowest BCUT2D eigenvalue weighted by molar-refractivity contribution is 0.875. The van der Waals surface area contributed by atoms with E-state index in [1.165, 1.54) is 10.9 Å². The second-order valence-corrected chi connectivity index (χ2v) is 5.68. The predicted molar refractivity (Wildman–Crippen MR) is 89.7 cm³/mol. The zero-order chi connectivity index (χ0) is 14.6. The summed E-state index contributed by atoms with van der Waals surface area (Å²) in [6.45, 7) is 2.14. The van der Waals surface area contributed by atoms with Gasteiger partial charge in [-0.05, 0) is 42.9 Å². The highest BCUT2D eigenvalue weighted by Gasteiger charge is 2.14. The van der Waals surface area contributed by atoms with Crippen LogP contribution in [0.2, 0.25) is 0 Å². The number of fused-ring (bicyclic) bond motifs is 2. The van der Waals surface area contributed by atoms with Crippen LogP contribution in [-0.2, 0) is 7.05 Å². The fourth-order valence-electron chi connectivity index (χ4n) is 3.00. The molecule has 0 saturated heterocycles. The second-order valence-electron chi connectivity index (χ2n) is 5.31. The van der Waals surface area contributed by atoms with Crippen molar-refractivity contribution in [2.45, 2.75) is 6.92 Å². The van der Waals surface area contributed by atoms with Gasteiger partial charge in [-0.25, -0.2) is 0 Å². The number of hydrogen-bond donors (Lipinski definition) is 1. The Morgan fingerprint density at radius 1 is 0.952 bits per heavy atom. The van der Waals surface area contributed by atoms with Crippen molar-refractivity contribution in [3.8, 4) is 5.82 Å². The van der Waals surface area contributed by atoms with Gasteiger partial charge in [0.15, 0.2) is 4.77 Å². The maximum atomic E-state index is 5.65. The fraction of sp³-hybridized carbons (Fsp3) is 0.118. The third-order valence-corrected chi connectivity index (χ3v) is 4.58. The van der Waals surface area contributed by atoms with Crippen molar-refractivity contribution >= 4 is 34.2 Å². The lowest BCUT2D eigenvalue weighted by Gasteiger charge is -2.03. The van der Waals surface area contributed by atoms with Crippen molar-refractivity contribution in [1.82, 2.24) is 14.1 Å². The van der Waals surface area contributed by atoms with Gasteiger partial charge in [0.1, 0.15) is 5.82 Å². The molecule has 0 spiro atoms. The first-order valence-electron chi connectivity index (χ1n) is 6.92. The van der Waals surface area contributed by atoms with Crippen molar-refractivity contribution in [2.75, 3.05) is 0 Å². The van der Waals surface area contributed by atoms with Gasteiger partial charge in [-0.3, -0.25) is 4.57 Å². The Bertz CT molecular complexity index is 1030. The number of aromatic amines is 1. The smallest absolute Gasteiger partial charge is 0.186 e. The topological polar surface area (TPSA) is 25.6 Å². The molecule has 4 aromatic rings. The maximum absolute atomic E-state index is 5.65. The van der Waals surface area contributed by atoms with E-state index < -0.39 is 0 Å². The number of aryl methyl sites for hydroxylation is 2. The summed E-state index contributed by atoms with van der Waals surface area (Å²) in [5.41, 5.74) is 4.62. The highest BCUT2D eigenvalue weighted by atomic mass is 32.1. The monoisotopic (exact) mass is 293 g/mol. The number of imidazole rings is 1. The van der Waals surface area contributed by atoms with Gasteiger partial charge in [0.2, 0.25) is 0 Å². The normalized spacial score (nSPS) is 11.5. The van der Waals surface area contributed by atoms with Crippen LogP contribution in [0.4, 0.5) is 0 Å². The van der Waals surface area contributed by atoms with E-state index in [9.17, 15) is 0 Å². The van der Waals surface area contributed by atoms with Crippen LogP contribution >= 0.6 is 12.2 Å². The summed E-state index contributed by atoms with van der Waals surface area (Å²) >= 11 is 5.65. The minimum Gasteiger partial charge on any atom is -0.341 e. The molecular weight excluding hydrogens is 278 g/mol. The molecule has 0 unspecified atom stereocenters. The van der Waals surface area contributed by atoms with E-state index in [4.69, 9.17) is 12.2 Å². The summed E-state index contributed by atoms with van der Waals surface area (Å²) in [5.74, 6) is 1.05. The molecule has 3 nitrogen and oxygen atoms in total. The van der Waals surface area contributed by atoms with Crippen LogP contribution < -0.4 is 0 Å². The maximum Gasteiger partial charge on any atom is 0.186 e. The average Bonchev–Trinajstić information content (AvgIpc) is 2.96. The van der Waals surface area contributed by atoms with Crippen LogP contribution in [0.1, 0.15) is 5.56 Å². The molecule has 0 aliphatic heterocycles. The first-order chi connectivity index (χ1) is 10.2. The molecule has 0 radical (unpaired) electrons. The molecule has 21 heavy (non-hydrogen) atoms. The zero-order valence-electron chi connectivity index (χ0n) is 11.9. The summed E-state index contributed by atoms with van der Waals surface area (Å²) in [7, 11) is 2.01. The van der Waals surface area contributed by atoms with Crippen molar-refractivity contribution in [3.63, 3.8) is 0 Å². The van der Waals surface area contributed by atoms with Gasteiger partial charge in [-0.1, -0.05) is 30.3 Å². The standard InChI is InChI=1S/C17H15N3S/c1-11-12-7-3-4-8-13(12)18-16(11)20-15-10-6-5-9-14(15)19(2)17(20)21/h3-10,18H,1-2H3. The Balaban J connectivity index is 2.17. The largest absolute Gasteiger partial charge is 0.341 e. The summed E-state index contributed by atoms with van der Waals surface area (Å²) in [6.07, 6.45) is 0. The number of rotatable bonds is 1. The molecule has 2 aromatic carbocycles. The molecule has 0 saturated carbocycles. The first-order valence-corrected chi connectivity index (χ1v) is 7.33. The van der Waals surface area contributed by atoms with Crippen LogP contribution in [0.5, 0.6) is 0 Å². The summed E-state index contributed by atoms with van der Waals surface area (Å²) in [5, 5.41) is 1.24. The summed E-state index contributed by atoms with van der Waals surface area (Å²) in [6, 6.07) is 16.6. The molecule has 4 rings (SSSR count). The number of benzene rings is 2. The van der Waals surface area contributed by atoms with Gasteiger partial charge in [-0.15, -0.1) is 0 Å². The molecular formula is C17H15N3S. The number of nitrogens with zero attached hydrogens (tertiary/aromatic N) is 2. The minimum absolute atomic E-state index is 0.797. The molecule has 0 bridgehead atoms. The Morgan fingerprint density at radius 3 is 2.38 bits per heavy atom. The third-order valence-electron chi connectivity index (χ3n) is 4.13. The Morgan fingerprint density at radius 2 is 1.62 bits per heavy atom. The Hall–Kier alpha value is -2.33. The SMILES string of the molecule is Cc1c(-n2c(=S)n(C)c3ccccc32)[nH]c2ccccc12. The first kappa shape index (κ1) is 12.4. The Kier molecular flexibility index (Phi) is 2.56. The fourth-order valence-corrected chi connectivity index (χ4v) is 3.29. The van der Waals surface area contributed by atoms with E-state index in [0.29, 0.717) is 0 Å². The minimum atomic E-state index is 0.797. The van der Waals surface area contributed by atoms with Crippen molar-refractivity contribution in [1.29, 1.82) is 0 Å². The predicted octanol–water partition coefficient (Wildman–Crippen LogP) is 4.49. The number of H-pyrrole nitrogens is 1. The second kappa shape index (κ2) is 4.33. The third kappa shape index (κ3) is 1.63. The van der Waals surface area contributed by atoms with Gasteiger partial charge in [0.25, 0.3) is 0 Å². The molecule has 0 aliphatic carbocycles. The van der Waals surface area contributed by atoms with E-state index >= 15 is 0 Å². The number of nitrogens with one attached hydrogen (secondary N) is 1. The highest BCUT2D eigenvalue weighted by molar-refractivity contribution is 7.71. The van der Waals surface area contributed by atoms with Crippen molar-refractivity contribution in [3.05, 3.63) is 58.9 Å². The number of hydrogen-bond acceptors (Lipinski definition) is 1. The molecule has 1 N–H and O–H groups in total. The van der Waals surface area contributed by atoms with Crippen LogP contribution in [0.25, 0.3) is 27.8 Å². The summed E-state index contributed by atoms with van der Waals surface area (Å²) < 4.78 is 4.97. The lowest BCUT2D eigenvalue weighted by atomic mass is 10.2. The van der Waals surface area contributed by atoms with Gasteiger partial charge in [0.05, 0.1) is 11.0 Å². The molecule has 0 fully saturated rings. The molecule has 104 valence electrons. The van der Waals surface area contributed by atoms with E-state index in [1.807, 2.05) is 25.2 Å². The Labute approximate surface area is 127 Å².